The molecule has 1 aliphatic heterocycles. The second kappa shape index (κ2) is 6.17. The van der Waals surface area contributed by atoms with Gasteiger partial charge in [0.1, 0.15) is 5.82 Å². The van der Waals surface area contributed by atoms with Crippen molar-refractivity contribution in [1.82, 2.24) is 20.2 Å². The molecule has 2 rings (SSSR count). The highest BCUT2D eigenvalue weighted by Crippen LogP contribution is 2.11. The molecule has 1 aromatic heterocycles. The number of H-pyrrole nitrogens is 1. The van der Waals surface area contributed by atoms with Crippen LogP contribution in [0.3, 0.4) is 0 Å². The summed E-state index contributed by atoms with van der Waals surface area (Å²) in [6.45, 7) is 8.91. The van der Waals surface area contributed by atoms with E-state index >= 15 is 0 Å². The lowest BCUT2D eigenvalue weighted by atomic mass is 10.0. The first-order chi connectivity index (χ1) is 8.28. The molecule has 0 unspecified atom stereocenters. The standard InChI is InChI=1S/C13H24N4/c1-3-6-17-7-4-12(5-8-17)15-10-13-9-14-11(2)16-13/h9,12,15H,3-8,10H2,1-2H3,(H,14,16). The number of likely N-dealkylation sites (tertiary alicyclic amines) is 1. The maximum atomic E-state index is 4.21. The number of nitrogens with one attached hydrogen (secondary N) is 2. The summed E-state index contributed by atoms with van der Waals surface area (Å²) >= 11 is 0. The van der Waals surface area contributed by atoms with Crippen LogP contribution >= 0.6 is 0 Å². The molecule has 17 heavy (non-hydrogen) atoms. The van der Waals surface area contributed by atoms with Crippen LogP contribution in [0.15, 0.2) is 6.20 Å². The summed E-state index contributed by atoms with van der Waals surface area (Å²) in [5.74, 6) is 1.000. The predicted octanol–water partition coefficient (Wildman–Crippen LogP) is 1.68. The summed E-state index contributed by atoms with van der Waals surface area (Å²) in [6, 6.07) is 0.673. The van der Waals surface area contributed by atoms with E-state index in [1.807, 2.05) is 13.1 Å². The van der Waals surface area contributed by atoms with Gasteiger partial charge in [0.05, 0.1) is 0 Å². The van der Waals surface area contributed by atoms with Gasteiger partial charge in [0.15, 0.2) is 0 Å². The Labute approximate surface area is 104 Å². The van der Waals surface area contributed by atoms with E-state index < -0.39 is 0 Å². The van der Waals surface area contributed by atoms with Crippen LogP contribution in [0.25, 0.3) is 0 Å². The Hall–Kier alpha value is -0.870. The van der Waals surface area contributed by atoms with E-state index in [1.54, 1.807) is 0 Å². The zero-order valence-corrected chi connectivity index (χ0v) is 11.0. The predicted molar refractivity (Wildman–Crippen MR) is 69.9 cm³/mol. The molecule has 4 nitrogen and oxygen atoms in total. The van der Waals surface area contributed by atoms with Crippen LogP contribution < -0.4 is 5.32 Å². The van der Waals surface area contributed by atoms with Gasteiger partial charge in [0, 0.05) is 24.5 Å². The van der Waals surface area contributed by atoms with Gasteiger partial charge < -0.3 is 15.2 Å². The normalized spacial score (nSPS) is 18.7. The zero-order valence-electron chi connectivity index (χ0n) is 11.0. The minimum atomic E-state index is 0.673. The van der Waals surface area contributed by atoms with Crippen molar-refractivity contribution in [3.05, 3.63) is 17.7 Å². The lowest BCUT2D eigenvalue weighted by Gasteiger charge is -2.32. The fourth-order valence-corrected chi connectivity index (χ4v) is 2.49. The van der Waals surface area contributed by atoms with E-state index in [0.717, 1.165) is 12.4 Å². The van der Waals surface area contributed by atoms with E-state index in [1.165, 1.54) is 44.6 Å². The molecule has 0 spiro atoms. The van der Waals surface area contributed by atoms with Crippen molar-refractivity contribution in [2.75, 3.05) is 19.6 Å². The van der Waals surface area contributed by atoms with Crippen molar-refractivity contribution < 1.29 is 0 Å². The highest BCUT2D eigenvalue weighted by molar-refractivity contribution is 4.99. The fourth-order valence-electron chi connectivity index (χ4n) is 2.49. The van der Waals surface area contributed by atoms with Gasteiger partial charge in [-0.05, 0) is 45.8 Å². The van der Waals surface area contributed by atoms with Gasteiger partial charge in [-0.3, -0.25) is 0 Å². The topological polar surface area (TPSA) is 44.0 Å². The van der Waals surface area contributed by atoms with Crippen molar-refractivity contribution in [3.8, 4) is 0 Å². The summed E-state index contributed by atoms with van der Waals surface area (Å²) in [5.41, 5.74) is 1.19. The van der Waals surface area contributed by atoms with Crippen LogP contribution in [-0.2, 0) is 6.54 Å². The van der Waals surface area contributed by atoms with Crippen LogP contribution in [0.4, 0.5) is 0 Å². The van der Waals surface area contributed by atoms with Gasteiger partial charge in [-0.15, -0.1) is 0 Å². The van der Waals surface area contributed by atoms with Gasteiger partial charge in [0.2, 0.25) is 0 Å². The quantitative estimate of drug-likeness (QED) is 0.817. The molecule has 4 heteroatoms. The van der Waals surface area contributed by atoms with Gasteiger partial charge in [-0.2, -0.15) is 0 Å². The minimum absolute atomic E-state index is 0.673. The average Bonchev–Trinajstić information content (AvgIpc) is 2.75. The van der Waals surface area contributed by atoms with E-state index in [9.17, 15) is 0 Å². The summed E-state index contributed by atoms with van der Waals surface area (Å²) < 4.78 is 0. The van der Waals surface area contributed by atoms with Crippen molar-refractivity contribution in [1.29, 1.82) is 0 Å². The molecule has 0 radical (unpaired) electrons. The Morgan fingerprint density at radius 2 is 2.24 bits per heavy atom. The second-order valence-corrected chi connectivity index (χ2v) is 4.99. The Morgan fingerprint density at radius 1 is 1.47 bits per heavy atom. The minimum Gasteiger partial charge on any atom is -0.345 e. The van der Waals surface area contributed by atoms with Crippen LogP contribution in [0.5, 0.6) is 0 Å². The van der Waals surface area contributed by atoms with E-state index in [0.29, 0.717) is 6.04 Å². The number of aromatic amines is 1. The summed E-state index contributed by atoms with van der Waals surface area (Å²) in [7, 11) is 0. The van der Waals surface area contributed by atoms with Crippen molar-refractivity contribution in [3.63, 3.8) is 0 Å². The Morgan fingerprint density at radius 3 is 2.82 bits per heavy atom. The van der Waals surface area contributed by atoms with E-state index in [4.69, 9.17) is 0 Å². The Kier molecular flexibility index (Phi) is 4.57. The summed E-state index contributed by atoms with van der Waals surface area (Å²) in [4.78, 5) is 10.0. The van der Waals surface area contributed by atoms with Crippen molar-refractivity contribution in [2.24, 2.45) is 0 Å². The highest BCUT2D eigenvalue weighted by atomic mass is 15.1. The van der Waals surface area contributed by atoms with Crippen LogP contribution in [-0.4, -0.2) is 40.5 Å². The molecular weight excluding hydrogens is 212 g/mol. The molecule has 0 atom stereocenters. The molecule has 1 aliphatic rings. The third-order valence-electron chi connectivity index (χ3n) is 3.46. The van der Waals surface area contributed by atoms with Gasteiger partial charge >= 0.3 is 0 Å². The Bertz CT molecular complexity index is 326. The maximum absolute atomic E-state index is 4.21. The van der Waals surface area contributed by atoms with Crippen molar-refractivity contribution in [2.45, 2.75) is 45.7 Å². The smallest absolute Gasteiger partial charge is 0.103 e. The molecule has 2 N–H and O–H groups in total. The molecule has 0 bridgehead atoms. The maximum Gasteiger partial charge on any atom is 0.103 e. The second-order valence-electron chi connectivity index (χ2n) is 4.99. The first-order valence-electron chi connectivity index (χ1n) is 6.74. The number of rotatable bonds is 5. The largest absolute Gasteiger partial charge is 0.345 e. The van der Waals surface area contributed by atoms with E-state index in [-0.39, 0.29) is 0 Å². The zero-order chi connectivity index (χ0) is 12.1. The molecule has 0 saturated carbocycles. The lowest BCUT2D eigenvalue weighted by Crippen LogP contribution is -2.42. The molecule has 1 saturated heterocycles. The third-order valence-corrected chi connectivity index (χ3v) is 3.46. The number of nitrogens with zero attached hydrogens (tertiary/aromatic N) is 2. The van der Waals surface area contributed by atoms with Gasteiger partial charge in [-0.25, -0.2) is 4.98 Å². The molecule has 96 valence electrons. The molecule has 0 aromatic carbocycles. The van der Waals surface area contributed by atoms with Gasteiger partial charge in [0.25, 0.3) is 0 Å². The van der Waals surface area contributed by atoms with Gasteiger partial charge in [-0.1, -0.05) is 6.92 Å². The number of aromatic nitrogens is 2. The number of hydrogen-bond donors (Lipinski definition) is 2. The fraction of sp³-hybridized carbons (Fsp3) is 0.769. The highest BCUT2D eigenvalue weighted by Gasteiger charge is 2.17. The molecule has 1 aromatic rings. The number of hydrogen-bond acceptors (Lipinski definition) is 3. The molecule has 2 heterocycles. The molecule has 0 aliphatic carbocycles. The number of piperidine rings is 1. The van der Waals surface area contributed by atoms with Crippen molar-refractivity contribution >= 4 is 0 Å². The molecule has 0 amide bonds. The third kappa shape index (κ3) is 3.82. The SMILES string of the molecule is CCCN1CCC(NCc2cnc(C)[nH]2)CC1. The van der Waals surface area contributed by atoms with Crippen LogP contribution in [0, 0.1) is 6.92 Å². The monoisotopic (exact) mass is 236 g/mol. The van der Waals surface area contributed by atoms with Crippen LogP contribution in [0.1, 0.15) is 37.7 Å². The Balaban J connectivity index is 1.68. The number of imidazole rings is 1. The lowest BCUT2D eigenvalue weighted by molar-refractivity contribution is 0.197. The van der Waals surface area contributed by atoms with Crippen LogP contribution in [0.2, 0.25) is 0 Å². The first kappa shape index (κ1) is 12.6. The number of aryl methyl sites for hydroxylation is 1. The first-order valence-corrected chi connectivity index (χ1v) is 6.74. The summed E-state index contributed by atoms with van der Waals surface area (Å²) in [6.07, 6.45) is 5.74. The van der Waals surface area contributed by atoms with E-state index in [2.05, 4.69) is 27.1 Å². The molecule has 1 fully saturated rings. The summed E-state index contributed by atoms with van der Waals surface area (Å²) in [5, 5.41) is 3.62. The molecular formula is C13H24N4. The average molecular weight is 236 g/mol.